The van der Waals surface area contributed by atoms with Crippen molar-refractivity contribution in [3.05, 3.63) is 35.4 Å². The second kappa shape index (κ2) is 5.75. The normalized spacial score (nSPS) is 20.8. The van der Waals surface area contributed by atoms with Crippen molar-refractivity contribution in [2.75, 3.05) is 6.54 Å². The number of hydrogen-bond donors (Lipinski definition) is 2. The molecule has 0 radical (unpaired) electrons. The van der Waals surface area contributed by atoms with Crippen LogP contribution in [-0.4, -0.2) is 18.4 Å². The fourth-order valence-corrected chi connectivity index (χ4v) is 1.89. The van der Waals surface area contributed by atoms with Crippen molar-refractivity contribution in [1.82, 2.24) is 10.6 Å². The van der Waals surface area contributed by atoms with Gasteiger partial charge < -0.3 is 5.32 Å². The maximum atomic E-state index is 12.5. The molecule has 0 aromatic heterocycles. The summed E-state index contributed by atoms with van der Waals surface area (Å²) in [4.78, 5) is 16.0. The zero-order valence-corrected chi connectivity index (χ0v) is 11.7. The van der Waals surface area contributed by atoms with Crippen LogP contribution in [0.25, 0.3) is 0 Å². The van der Waals surface area contributed by atoms with Crippen molar-refractivity contribution >= 4 is 11.9 Å². The maximum Gasteiger partial charge on any atom is 0.416 e. The van der Waals surface area contributed by atoms with Crippen molar-refractivity contribution in [2.45, 2.75) is 26.1 Å². The van der Waals surface area contributed by atoms with E-state index in [0.717, 1.165) is 12.1 Å². The summed E-state index contributed by atoms with van der Waals surface area (Å²) in [6.07, 6.45) is -4.38. The molecule has 114 valence electrons. The van der Waals surface area contributed by atoms with E-state index >= 15 is 0 Å². The Morgan fingerprint density at radius 3 is 2.38 bits per heavy atom. The summed E-state index contributed by atoms with van der Waals surface area (Å²) >= 11 is 0. The fraction of sp³-hybridized carbons (Fsp3) is 0.429. The third-order valence-electron chi connectivity index (χ3n) is 2.97. The summed E-state index contributed by atoms with van der Waals surface area (Å²) < 4.78 is 37.5. The first-order chi connectivity index (χ1) is 9.77. The minimum absolute atomic E-state index is 0.322. The van der Waals surface area contributed by atoms with Crippen LogP contribution in [-0.2, 0) is 11.0 Å². The summed E-state index contributed by atoms with van der Waals surface area (Å²) in [6, 6.07) is 3.82. The smallest absolute Gasteiger partial charge is 0.340 e. The van der Waals surface area contributed by atoms with Crippen molar-refractivity contribution in [3.8, 4) is 0 Å². The molecule has 1 aromatic carbocycles. The lowest BCUT2D eigenvalue weighted by Gasteiger charge is -2.11. The number of carbonyl (C=O) groups is 1. The maximum absolute atomic E-state index is 12.5. The first kappa shape index (κ1) is 15.3. The molecule has 1 aliphatic heterocycles. The molecule has 0 spiro atoms. The molecule has 1 heterocycles. The highest BCUT2D eigenvalue weighted by Crippen LogP contribution is 2.30. The van der Waals surface area contributed by atoms with Crippen LogP contribution in [0.15, 0.2) is 29.3 Å². The molecule has 1 atom stereocenters. The average Bonchev–Trinajstić information content (AvgIpc) is 2.77. The van der Waals surface area contributed by atoms with E-state index in [4.69, 9.17) is 0 Å². The highest BCUT2D eigenvalue weighted by atomic mass is 19.4. The van der Waals surface area contributed by atoms with Gasteiger partial charge in [0.15, 0.2) is 5.96 Å². The molecule has 7 heteroatoms. The van der Waals surface area contributed by atoms with Crippen LogP contribution in [0.5, 0.6) is 0 Å². The van der Waals surface area contributed by atoms with Gasteiger partial charge in [-0.3, -0.25) is 15.1 Å². The molecular formula is C14H16F3N3O. The minimum Gasteiger partial charge on any atom is -0.340 e. The number of aliphatic imine (C=N–C) groups is 1. The van der Waals surface area contributed by atoms with Crippen molar-refractivity contribution < 1.29 is 18.0 Å². The lowest BCUT2D eigenvalue weighted by molar-refractivity contribution is -0.137. The van der Waals surface area contributed by atoms with Crippen LogP contribution in [0, 0.1) is 5.92 Å². The Labute approximate surface area is 120 Å². The molecule has 1 aromatic rings. The summed E-state index contributed by atoms with van der Waals surface area (Å²) in [5.74, 6) is 0.386. The van der Waals surface area contributed by atoms with E-state index in [0.29, 0.717) is 24.0 Å². The van der Waals surface area contributed by atoms with Crippen LogP contribution < -0.4 is 10.6 Å². The number of halogens is 3. The van der Waals surface area contributed by atoms with Gasteiger partial charge >= 0.3 is 6.18 Å². The Kier molecular flexibility index (Phi) is 4.20. The predicted octanol–water partition coefficient (Wildman–Crippen LogP) is 2.48. The molecular weight excluding hydrogens is 283 g/mol. The van der Waals surface area contributed by atoms with E-state index in [1.54, 1.807) is 0 Å². The summed E-state index contributed by atoms with van der Waals surface area (Å²) in [5, 5.41) is 5.46. The predicted molar refractivity (Wildman–Crippen MR) is 72.6 cm³/mol. The number of rotatable bonds is 3. The van der Waals surface area contributed by atoms with Gasteiger partial charge in [0, 0.05) is 6.54 Å². The van der Waals surface area contributed by atoms with Gasteiger partial charge in [-0.15, -0.1) is 0 Å². The second-order valence-corrected chi connectivity index (χ2v) is 5.27. The molecule has 2 rings (SSSR count). The molecule has 2 N–H and O–H groups in total. The lowest BCUT2D eigenvalue weighted by atomic mass is 10.0. The van der Waals surface area contributed by atoms with E-state index < -0.39 is 17.8 Å². The molecule has 1 aliphatic rings. The summed E-state index contributed by atoms with van der Waals surface area (Å²) in [7, 11) is 0. The number of amides is 1. The Morgan fingerprint density at radius 2 is 1.86 bits per heavy atom. The number of nitrogens with zero attached hydrogens (tertiary/aromatic N) is 1. The second-order valence-electron chi connectivity index (χ2n) is 5.27. The van der Waals surface area contributed by atoms with Gasteiger partial charge in [0.25, 0.3) is 5.91 Å². The molecule has 0 bridgehead atoms. The van der Waals surface area contributed by atoms with E-state index in [-0.39, 0.29) is 5.91 Å². The SMILES string of the molecule is CC(C)CN=C1NC(=O)C(c2ccc(C(F)(F)F)cc2)N1. The van der Waals surface area contributed by atoms with Crippen molar-refractivity contribution in [2.24, 2.45) is 10.9 Å². The van der Waals surface area contributed by atoms with Gasteiger partial charge in [-0.25, -0.2) is 0 Å². The van der Waals surface area contributed by atoms with Crippen LogP contribution in [0.4, 0.5) is 13.2 Å². The average molecular weight is 299 g/mol. The van der Waals surface area contributed by atoms with Crippen LogP contribution >= 0.6 is 0 Å². The molecule has 4 nitrogen and oxygen atoms in total. The first-order valence-corrected chi connectivity index (χ1v) is 6.56. The van der Waals surface area contributed by atoms with E-state index in [1.165, 1.54) is 12.1 Å². The number of guanidine groups is 1. The molecule has 1 fully saturated rings. The Hall–Kier alpha value is -2.05. The summed E-state index contributed by atoms with van der Waals surface area (Å²) in [6.45, 7) is 4.55. The number of carbonyl (C=O) groups excluding carboxylic acids is 1. The number of benzene rings is 1. The lowest BCUT2D eigenvalue weighted by Crippen LogP contribution is -2.26. The highest BCUT2D eigenvalue weighted by molar-refractivity contribution is 6.06. The first-order valence-electron chi connectivity index (χ1n) is 6.56. The Balaban J connectivity index is 2.12. The van der Waals surface area contributed by atoms with Crippen LogP contribution in [0.3, 0.4) is 0 Å². The van der Waals surface area contributed by atoms with Crippen LogP contribution in [0.2, 0.25) is 0 Å². The highest BCUT2D eigenvalue weighted by Gasteiger charge is 2.32. The molecule has 0 saturated carbocycles. The molecule has 1 amide bonds. The van der Waals surface area contributed by atoms with Gasteiger partial charge in [-0.2, -0.15) is 13.2 Å². The van der Waals surface area contributed by atoms with Crippen molar-refractivity contribution in [3.63, 3.8) is 0 Å². The monoisotopic (exact) mass is 299 g/mol. The zero-order valence-electron chi connectivity index (χ0n) is 11.7. The Morgan fingerprint density at radius 1 is 1.24 bits per heavy atom. The third kappa shape index (κ3) is 3.74. The largest absolute Gasteiger partial charge is 0.416 e. The quantitative estimate of drug-likeness (QED) is 0.901. The van der Waals surface area contributed by atoms with Crippen molar-refractivity contribution in [1.29, 1.82) is 0 Å². The van der Waals surface area contributed by atoms with E-state index in [1.807, 2.05) is 13.8 Å². The molecule has 21 heavy (non-hydrogen) atoms. The van der Waals surface area contributed by atoms with Gasteiger partial charge in [0.2, 0.25) is 0 Å². The topological polar surface area (TPSA) is 53.5 Å². The van der Waals surface area contributed by atoms with E-state index in [9.17, 15) is 18.0 Å². The van der Waals surface area contributed by atoms with Gasteiger partial charge in [-0.05, 0) is 23.6 Å². The molecule has 0 aliphatic carbocycles. The zero-order chi connectivity index (χ0) is 15.6. The Bertz CT molecular complexity index is 550. The van der Waals surface area contributed by atoms with E-state index in [2.05, 4.69) is 15.6 Å². The van der Waals surface area contributed by atoms with Gasteiger partial charge in [0.1, 0.15) is 6.04 Å². The third-order valence-corrected chi connectivity index (χ3v) is 2.97. The molecule has 1 unspecified atom stereocenters. The van der Waals surface area contributed by atoms with Crippen LogP contribution in [0.1, 0.15) is 31.0 Å². The minimum atomic E-state index is -4.38. The number of alkyl halides is 3. The number of nitrogens with one attached hydrogen (secondary N) is 2. The van der Waals surface area contributed by atoms with Gasteiger partial charge in [0.05, 0.1) is 5.56 Å². The fourth-order valence-electron chi connectivity index (χ4n) is 1.89. The number of hydrogen-bond acceptors (Lipinski definition) is 2. The molecule has 1 saturated heterocycles. The summed E-state index contributed by atoms with van der Waals surface area (Å²) in [5.41, 5.74) is -0.270. The standard InChI is InChI=1S/C14H16F3N3O/c1-8(2)7-18-13-19-11(12(21)20-13)9-3-5-10(6-4-9)14(15,16)17/h3-6,8,11H,7H2,1-2H3,(H2,18,19,20,21). The van der Waals surface area contributed by atoms with Gasteiger partial charge in [-0.1, -0.05) is 26.0 Å².